The summed E-state index contributed by atoms with van der Waals surface area (Å²) >= 11 is 0. The lowest BCUT2D eigenvalue weighted by molar-refractivity contribution is -0.132. The zero-order chi connectivity index (χ0) is 16.9. The molecule has 23 heavy (non-hydrogen) atoms. The number of piperidine rings is 1. The largest absolute Gasteiger partial charge is 0.493 e. The fourth-order valence-corrected chi connectivity index (χ4v) is 3.36. The smallest absolute Gasteiger partial charge is 0.225 e. The van der Waals surface area contributed by atoms with Crippen LogP contribution in [0.1, 0.15) is 19.3 Å². The van der Waals surface area contributed by atoms with E-state index in [1.165, 1.54) is 12.1 Å². The Kier molecular flexibility index (Phi) is 5.95. The first-order chi connectivity index (χ1) is 10.8. The first-order valence-corrected chi connectivity index (χ1v) is 9.36. The minimum Gasteiger partial charge on any atom is -0.493 e. The van der Waals surface area contributed by atoms with Gasteiger partial charge in [0, 0.05) is 25.2 Å². The minimum atomic E-state index is -3.21. The number of carbonyl (C=O) groups is 1. The van der Waals surface area contributed by atoms with Crippen molar-refractivity contribution in [3.8, 4) is 5.75 Å². The third-order valence-corrected chi connectivity index (χ3v) is 4.37. The number of nitrogens with one attached hydrogen (secondary N) is 1. The molecule has 2 rings (SSSR count). The average molecular weight is 344 g/mol. The number of carbonyl (C=O) groups excluding carboxylic acids is 1. The maximum atomic E-state index is 13.0. The molecule has 1 aromatic carbocycles. The van der Waals surface area contributed by atoms with Crippen LogP contribution in [-0.4, -0.2) is 51.2 Å². The standard InChI is InChI=1S/C15H21FN2O4S/c1-23(20,21)17-13-5-8-18(9-6-13)15(19)7-10-22-14-4-2-3-12(16)11-14/h2-4,11,13,17H,5-10H2,1H3. The predicted molar refractivity (Wildman–Crippen MR) is 84.1 cm³/mol. The highest BCUT2D eigenvalue weighted by molar-refractivity contribution is 7.88. The molecule has 0 atom stereocenters. The Bertz CT molecular complexity index is 643. The maximum absolute atomic E-state index is 13.0. The summed E-state index contributed by atoms with van der Waals surface area (Å²) in [7, 11) is -3.21. The molecule has 1 fully saturated rings. The second-order valence-electron chi connectivity index (χ2n) is 5.60. The van der Waals surface area contributed by atoms with Gasteiger partial charge in [-0.05, 0) is 25.0 Å². The minimum absolute atomic E-state index is 0.0424. The van der Waals surface area contributed by atoms with Gasteiger partial charge in [-0.25, -0.2) is 17.5 Å². The van der Waals surface area contributed by atoms with Crippen LogP contribution in [0.2, 0.25) is 0 Å². The summed E-state index contributed by atoms with van der Waals surface area (Å²) in [5.41, 5.74) is 0. The van der Waals surface area contributed by atoms with Gasteiger partial charge in [0.1, 0.15) is 11.6 Å². The van der Waals surface area contributed by atoms with Crippen molar-refractivity contribution in [2.75, 3.05) is 26.0 Å². The van der Waals surface area contributed by atoms with Gasteiger partial charge in [0.25, 0.3) is 0 Å². The van der Waals surface area contributed by atoms with Gasteiger partial charge < -0.3 is 9.64 Å². The Hall–Kier alpha value is -1.67. The van der Waals surface area contributed by atoms with E-state index < -0.39 is 10.0 Å². The van der Waals surface area contributed by atoms with Gasteiger partial charge in [0.2, 0.25) is 15.9 Å². The molecule has 1 aliphatic heterocycles. The van der Waals surface area contributed by atoms with E-state index in [0.29, 0.717) is 31.7 Å². The number of halogens is 1. The number of likely N-dealkylation sites (tertiary alicyclic amines) is 1. The summed E-state index contributed by atoms with van der Waals surface area (Å²) in [6.07, 6.45) is 2.54. The SMILES string of the molecule is CS(=O)(=O)NC1CCN(C(=O)CCOc2cccc(F)c2)CC1. The van der Waals surface area contributed by atoms with E-state index >= 15 is 0 Å². The Morgan fingerprint density at radius 1 is 1.39 bits per heavy atom. The molecule has 1 saturated heterocycles. The van der Waals surface area contributed by atoms with Crippen LogP contribution >= 0.6 is 0 Å². The number of hydrogen-bond donors (Lipinski definition) is 1. The van der Waals surface area contributed by atoms with E-state index in [0.717, 1.165) is 6.26 Å². The summed E-state index contributed by atoms with van der Waals surface area (Å²) in [6.45, 7) is 1.22. The number of hydrogen-bond acceptors (Lipinski definition) is 4. The maximum Gasteiger partial charge on any atom is 0.225 e. The molecular weight excluding hydrogens is 323 g/mol. The normalized spacial score (nSPS) is 16.3. The molecule has 1 N–H and O–H groups in total. The molecule has 1 heterocycles. The topological polar surface area (TPSA) is 75.7 Å². The molecule has 1 aliphatic rings. The Morgan fingerprint density at radius 3 is 2.70 bits per heavy atom. The van der Waals surface area contributed by atoms with Crippen molar-refractivity contribution in [3.63, 3.8) is 0 Å². The van der Waals surface area contributed by atoms with Crippen molar-refractivity contribution in [3.05, 3.63) is 30.1 Å². The fraction of sp³-hybridized carbons (Fsp3) is 0.533. The Morgan fingerprint density at radius 2 is 2.09 bits per heavy atom. The highest BCUT2D eigenvalue weighted by Gasteiger charge is 2.24. The van der Waals surface area contributed by atoms with Crippen molar-refractivity contribution in [2.45, 2.75) is 25.3 Å². The highest BCUT2D eigenvalue weighted by atomic mass is 32.2. The monoisotopic (exact) mass is 344 g/mol. The van der Waals surface area contributed by atoms with Crippen molar-refractivity contribution >= 4 is 15.9 Å². The van der Waals surface area contributed by atoms with Gasteiger partial charge in [-0.1, -0.05) is 6.07 Å². The molecule has 0 saturated carbocycles. The molecule has 1 amide bonds. The van der Waals surface area contributed by atoms with Crippen LogP contribution in [0.25, 0.3) is 0 Å². The molecule has 0 radical (unpaired) electrons. The molecule has 128 valence electrons. The van der Waals surface area contributed by atoms with Gasteiger partial charge in [-0.15, -0.1) is 0 Å². The van der Waals surface area contributed by atoms with Crippen LogP contribution < -0.4 is 9.46 Å². The van der Waals surface area contributed by atoms with E-state index in [9.17, 15) is 17.6 Å². The summed E-state index contributed by atoms with van der Waals surface area (Å²) in [6, 6.07) is 5.67. The highest BCUT2D eigenvalue weighted by Crippen LogP contribution is 2.14. The average Bonchev–Trinajstić information content (AvgIpc) is 2.46. The van der Waals surface area contributed by atoms with E-state index in [1.807, 2.05) is 0 Å². The Balaban J connectivity index is 1.71. The zero-order valence-corrected chi connectivity index (χ0v) is 13.8. The summed E-state index contributed by atoms with van der Waals surface area (Å²) in [4.78, 5) is 13.8. The predicted octanol–water partition coefficient (Wildman–Crippen LogP) is 1.13. The lowest BCUT2D eigenvalue weighted by Crippen LogP contribution is -2.46. The molecule has 6 nitrogen and oxygen atoms in total. The third-order valence-electron chi connectivity index (χ3n) is 3.61. The van der Waals surface area contributed by atoms with Gasteiger partial charge in [-0.3, -0.25) is 4.79 Å². The number of ether oxygens (including phenoxy) is 1. The van der Waals surface area contributed by atoms with Crippen LogP contribution in [0.4, 0.5) is 4.39 Å². The summed E-state index contributed by atoms with van der Waals surface area (Å²) in [5.74, 6) is -0.0256. The van der Waals surface area contributed by atoms with Crippen molar-refractivity contribution in [1.82, 2.24) is 9.62 Å². The van der Waals surface area contributed by atoms with Crippen molar-refractivity contribution < 1.29 is 22.3 Å². The number of benzene rings is 1. The fourth-order valence-electron chi connectivity index (χ4n) is 2.52. The third kappa shape index (κ3) is 6.15. The van der Waals surface area contributed by atoms with Gasteiger partial charge in [0.05, 0.1) is 19.3 Å². The summed E-state index contributed by atoms with van der Waals surface area (Å²) < 4.78 is 43.3. The number of nitrogens with zero attached hydrogens (tertiary/aromatic N) is 1. The van der Waals surface area contributed by atoms with Gasteiger partial charge >= 0.3 is 0 Å². The lowest BCUT2D eigenvalue weighted by Gasteiger charge is -2.32. The van der Waals surface area contributed by atoms with Crippen LogP contribution in [0, 0.1) is 5.82 Å². The van der Waals surface area contributed by atoms with E-state index in [2.05, 4.69) is 4.72 Å². The quantitative estimate of drug-likeness (QED) is 0.839. The zero-order valence-electron chi connectivity index (χ0n) is 13.0. The first kappa shape index (κ1) is 17.7. The molecule has 0 spiro atoms. The second-order valence-corrected chi connectivity index (χ2v) is 7.38. The molecule has 0 unspecified atom stereocenters. The summed E-state index contributed by atoms with van der Waals surface area (Å²) in [5, 5.41) is 0. The van der Waals surface area contributed by atoms with Gasteiger partial charge in [0.15, 0.2) is 0 Å². The number of sulfonamides is 1. The van der Waals surface area contributed by atoms with Gasteiger partial charge in [-0.2, -0.15) is 0 Å². The lowest BCUT2D eigenvalue weighted by atomic mass is 10.1. The number of amides is 1. The van der Waals surface area contributed by atoms with Crippen LogP contribution in [0.15, 0.2) is 24.3 Å². The van der Waals surface area contributed by atoms with E-state index in [1.54, 1.807) is 17.0 Å². The van der Waals surface area contributed by atoms with E-state index in [4.69, 9.17) is 4.74 Å². The molecule has 1 aromatic rings. The van der Waals surface area contributed by atoms with E-state index in [-0.39, 0.29) is 30.8 Å². The van der Waals surface area contributed by atoms with Crippen LogP contribution in [0.3, 0.4) is 0 Å². The van der Waals surface area contributed by atoms with Crippen molar-refractivity contribution in [2.24, 2.45) is 0 Å². The molecule has 8 heteroatoms. The molecule has 0 aliphatic carbocycles. The second kappa shape index (κ2) is 7.74. The molecular formula is C15H21FN2O4S. The Labute approximate surface area is 135 Å². The van der Waals surface area contributed by atoms with Crippen LogP contribution in [0.5, 0.6) is 5.75 Å². The molecule has 0 bridgehead atoms. The first-order valence-electron chi connectivity index (χ1n) is 7.47. The van der Waals surface area contributed by atoms with Crippen LogP contribution in [-0.2, 0) is 14.8 Å². The van der Waals surface area contributed by atoms with Crippen molar-refractivity contribution in [1.29, 1.82) is 0 Å². The number of rotatable bonds is 6. The molecule has 0 aromatic heterocycles.